The highest BCUT2D eigenvalue weighted by molar-refractivity contribution is 4.56. The van der Waals surface area contributed by atoms with Crippen LogP contribution in [-0.2, 0) is 4.74 Å². The fourth-order valence-corrected chi connectivity index (χ4v) is 1.09. The Hall–Kier alpha value is -0.120. The van der Waals surface area contributed by atoms with Crippen molar-refractivity contribution >= 4 is 0 Å². The first kappa shape index (κ1) is 11.9. The first-order valence-corrected chi connectivity index (χ1v) is 4.73. The van der Waals surface area contributed by atoms with E-state index in [1.807, 2.05) is 6.92 Å². The fraction of sp³-hybridized carbons (Fsp3) is 1.00. The first-order valence-electron chi connectivity index (χ1n) is 4.73. The quantitative estimate of drug-likeness (QED) is 0.535. The van der Waals surface area contributed by atoms with Crippen molar-refractivity contribution in [1.29, 1.82) is 0 Å². The van der Waals surface area contributed by atoms with Crippen LogP contribution in [0.25, 0.3) is 0 Å². The van der Waals surface area contributed by atoms with Crippen LogP contribution in [0.3, 0.4) is 0 Å². The highest BCUT2D eigenvalue weighted by Crippen LogP contribution is 2.07. The van der Waals surface area contributed by atoms with Crippen LogP contribution in [0.2, 0.25) is 0 Å². The summed E-state index contributed by atoms with van der Waals surface area (Å²) in [6.07, 6.45) is 3.16. The molecule has 3 nitrogen and oxygen atoms in total. The molecular weight excluding hydrogens is 154 g/mol. The van der Waals surface area contributed by atoms with E-state index < -0.39 is 0 Å². The smallest absolute Gasteiger partial charge is 0.0516 e. The molecule has 0 aromatic heterocycles. The van der Waals surface area contributed by atoms with Gasteiger partial charge in [0.25, 0.3) is 0 Å². The summed E-state index contributed by atoms with van der Waals surface area (Å²) >= 11 is 0. The van der Waals surface area contributed by atoms with Gasteiger partial charge in [0.05, 0.1) is 6.61 Å². The van der Waals surface area contributed by atoms with Gasteiger partial charge in [-0.2, -0.15) is 0 Å². The van der Waals surface area contributed by atoms with E-state index in [0.717, 1.165) is 32.4 Å². The van der Waals surface area contributed by atoms with Crippen LogP contribution in [-0.4, -0.2) is 31.5 Å². The Morgan fingerprint density at radius 3 is 2.67 bits per heavy atom. The number of unbranched alkanes of at least 4 members (excludes halogenated alkanes) is 1. The van der Waals surface area contributed by atoms with E-state index in [1.54, 1.807) is 0 Å². The van der Waals surface area contributed by atoms with Gasteiger partial charge in [0, 0.05) is 19.1 Å². The Bertz CT molecular complexity index is 88.6. The molecule has 0 fully saturated rings. The van der Waals surface area contributed by atoms with Gasteiger partial charge < -0.3 is 15.6 Å². The molecule has 0 heterocycles. The Labute approximate surface area is 74.9 Å². The number of ether oxygens (including phenoxy) is 1. The van der Waals surface area contributed by atoms with Crippen molar-refractivity contribution in [2.24, 2.45) is 11.7 Å². The van der Waals surface area contributed by atoms with Crippen LogP contribution in [0.5, 0.6) is 0 Å². The molecule has 0 bridgehead atoms. The molecule has 0 aromatic rings. The molecule has 1 unspecified atom stereocenters. The molecule has 0 saturated carbocycles. The largest absolute Gasteiger partial charge is 0.396 e. The van der Waals surface area contributed by atoms with E-state index in [4.69, 9.17) is 15.6 Å². The van der Waals surface area contributed by atoms with Crippen LogP contribution >= 0.6 is 0 Å². The van der Waals surface area contributed by atoms with Crippen LogP contribution < -0.4 is 5.73 Å². The third-order valence-corrected chi connectivity index (χ3v) is 1.88. The molecule has 1 atom stereocenters. The number of aliphatic hydroxyl groups is 1. The van der Waals surface area contributed by atoms with E-state index in [-0.39, 0.29) is 6.61 Å². The van der Waals surface area contributed by atoms with Gasteiger partial charge in [-0.15, -0.1) is 0 Å². The van der Waals surface area contributed by atoms with Gasteiger partial charge in [0.1, 0.15) is 0 Å². The highest BCUT2D eigenvalue weighted by Gasteiger charge is 2.05. The number of hydrogen-bond donors (Lipinski definition) is 2. The predicted octanol–water partition coefficient (Wildman–Crippen LogP) is 0.760. The Morgan fingerprint density at radius 1 is 1.42 bits per heavy atom. The third kappa shape index (κ3) is 6.58. The van der Waals surface area contributed by atoms with E-state index in [1.165, 1.54) is 0 Å². The molecule has 0 aliphatic heterocycles. The summed E-state index contributed by atoms with van der Waals surface area (Å²) < 4.78 is 5.23. The zero-order valence-electron chi connectivity index (χ0n) is 7.96. The SMILES string of the molecule is CCOCC(CO)CCCCN. The Balaban J connectivity index is 3.26. The van der Waals surface area contributed by atoms with Crippen LogP contribution in [0.1, 0.15) is 26.2 Å². The zero-order valence-corrected chi connectivity index (χ0v) is 7.96. The van der Waals surface area contributed by atoms with Gasteiger partial charge >= 0.3 is 0 Å². The Kier molecular flexibility index (Phi) is 8.88. The minimum absolute atomic E-state index is 0.227. The van der Waals surface area contributed by atoms with Crippen molar-refractivity contribution in [3.63, 3.8) is 0 Å². The number of rotatable bonds is 8. The molecular formula is C9H21NO2. The van der Waals surface area contributed by atoms with Crippen molar-refractivity contribution in [2.75, 3.05) is 26.4 Å². The summed E-state index contributed by atoms with van der Waals surface area (Å²) in [5.41, 5.74) is 5.36. The van der Waals surface area contributed by atoms with Crippen LogP contribution in [0, 0.1) is 5.92 Å². The van der Waals surface area contributed by atoms with Crippen LogP contribution in [0.15, 0.2) is 0 Å². The predicted molar refractivity (Wildman–Crippen MR) is 50.0 cm³/mol. The normalized spacial score (nSPS) is 13.2. The van der Waals surface area contributed by atoms with E-state index in [2.05, 4.69) is 0 Å². The number of aliphatic hydroxyl groups excluding tert-OH is 1. The molecule has 0 radical (unpaired) electrons. The average Bonchev–Trinajstić information content (AvgIpc) is 2.11. The Morgan fingerprint density at radius 2 is 2.17 bits per heavy atom. The van der Waals surface area contributed by atoms with Gasteiger partial charge in [-0.25, -0.2) is 0 Å². The molecule has 0 amide bonds. The van der Waals surface area contributed by atoms with Crippen molar-refractivity contribution in [1.82, 2.24) is 0 Å². The summed E-state index contributed by atoms with van der Waals surface area (Å²) in [5.74, 6) is 0.302. The molecule has 3 N–H and O–H groups in total. The molecule has 0 rings (SSSR count). The van der Waals surface area contributed by atoms with Crippen LogP contribution in [0.4, 0.5) is 0 Å². The lowest BCUT2D eigenvalue weighted by atomic mass is 10.0. The first-order chi connectivity index (χ1) is 5.85. The van der Waals surface area contributed by atoms with E-state index in [0.29, 0.717) is 12.5 Å². The van der Waals surface area contributed by atoms with Gasteiger partial charge in [0.2, 0.25) is 0 Å². The fourth-order valence-electron chi connectivity index (χ4n) is 1.09. The minimum atomic E-state index is 0.227. The maximum absolute atomic E-state index is 8.94. The van der Waals surface area contributed by atoms with Gasteiger partial charge in [0.15, 0.2) is 0 Å². The molecule has 3 heteroatoms. The van der Waals surface area contributed by atoms with E-state index in [9.17, 15) is 0 Å². The molecule has 0 aliphatic carbocycles. The topological polar surface area (TPSA) is 55.5 Å². The summed E-state index contributed by atoms with van der Waals surface area (Å²) in [4.78, 5) is 0. The summed E-state index contributed by atoms with van der Waals surface area (Å²) in [6.45, 7) is 4.34. The monoisotopic (exact) mass is 175 g/mol. The maximum atomic E-state index is 8.94. The number of nitrogens with two attached hydrogens (primary N) is 1. The zero-order chi connectivity index (χ0) is 9.23. The average molecular weight is 175 g/mol. The molecule has 12 heavy (non-hydrogen) atoms. The lowest BCUT2D eigenvalue weighted by Crippen LogP contribution is -2.14. The molecule has 0 spiro atoms. The van der Waals surface area contributed by atoms with Crippen molar-refractivity contribution < 1.29 is 9.84 Å². The highest BCUT2D eigenvalue weighted by atomic mass is 16.5. The second kappa shape index (κ2) is 8.97. The molecule has 0 aliphatic rings. The standard InChI is InChI=1S/C9H21NO2/c1-2-12-8-9(7-11)5-3-4-6-10/h9,11H,2-8,10H2,1H3. The second-order valence-electron chi connectivity index (χ2n) is 2.99. The van der Waals surface area contributed by atoms with Crippen molar-refractivity contribution in [2.45, 2.75) is 26.2 Å². The molecule has 0 aromatic carbocycles. The minimum Gasteiger partial charge on any atom is -0.396 e. The van der Waals surface area contributed by atoms with Gasteiger partial charge in [-0.05, 0) is 26.3 Å². The van der Waals surface area contributed by atoms with Crippen molar-refractivity contribution in [3.05, 3.63) is 0 Å². The third-order valence-electron chi connectivity index (χ3n) is 1.88. The van der Waals surface area contributed by atoms with Gasteiger partial charge in [-0.3, -0.25) is 0 Å². The number of hydrogen-bond acceptors (Lipinski definition) is 3. The van der Waals surface area contributed by atoms with Crippen molar-refractivity contribution in [3.8, 4) is 0 Å². The molecule has 0 saturated heterocycles. The maximum Gasteiger partial charge on any atom is 0.0516 e. The van der Waals surface area contributed by atoms with Gasteiger partial charge in [-0.1, -0.05) is 6.42 Å². The molecule has 74 valence electrons. The summed E-state index contributed by atoms with van der Waals surface area (Å²) in [6, 6.07) is 0. The lowest BCUT2D eigenvalue weighted by molar-refractivity contribution is 0.0761. The summed E-state index contributed by atoms with van der Waals surface area (Å²) in [7, 11) is 0. The van der Waals surface area contributed by atoms with E-state index >= 15 is 0 Å². The lowest BCUT2D eigenvalue weighted by Gasteiger charge is -2.12. The summed E-state index contributed by atoms with van der Waals surface area (Å²) in [5, 5.41) is 8.94. The second-order valence-corrected chi connectivity index (χ2v) is 2.99.